The fourth-order valence-corrected chi connectivity index (χ4v) is 1.51. The van der Waals surface area contributed by atoms with Crippen molar-refractivity contribution < 1.29 is 14.3 Å². The summed E-state index contributed by atoms with van der Waals surface area (Å²) >= 11 is 0. The maximum atomic E-state index is 11.5. The zero-order valence-electron chi connectivity index (χ0n) is 10.3. The van der Waals surface area contributed by atoms with Gasteiger partial charge in [0.15, 0.2) is 0 Å². The van der Waals surface area contributed by atoms with Gasteiger partial charge in [-0.3, -0.25) is 4.79 Å². The molecule has 0 aliphatic rings. The summed E-state index contributed by atoms with van der Waals surface area (Å²) < 4.78 is 10.3. The van der Waals surface area contributed by atoms with Crippen molar-refractivity contribution in [3.63, 3.8) is 0 Å². The molecule has 0 radical (unpaired) electrons. The number of hydrogen-bond acceptors (Lipinski definition) is 4. The third-order valence-electron chi connectivity index (χ3n) is 2.51. The molecule has 0 saturated heterocycles. The topological polar surface area (TPSA) is 59.7 Å². The highest BCUT2D eigenvalue weighted by molar-refractivity contribution is 5.17. The summed E-state index contributed by atoms with van der Waals surface area (Å²) in [5.41, 5.74) is -0.242. The Hall–Kier alpha value is -1.29. The highest BCUT2D eigenvalue weighted by Crippen LogP contribution is 2.08. The van der Waals surface area contributed by atoms with Crippen molar-refractivity contribution in [2.45, 2.75) is 45.6 Å². The number of ether oxygens (including phenoxy) is 1. The van der Waals surface area contributed by atoms with Gasteiger partial charge in [0.2, 0.25) is 11.2 Å². The van der Waals surface area contributed by atoms with Crippen LogP contribution in [0.15, 0.2) is 21.5 Å². The second kappa shape index (κ2) is 7.90. The summed E-state index contributed by atoms with van der Waals surface area (Å²) in [4.78, 5) is 11.5. The molecule has 17 heavy (non-hydrogen) atoms. The molecule has 1 aromatic heterocycles. The zero-order chi connectivity index (χ0) is 12.5. The second-order valence-corrected chi connectivity index (χ2v) is 4.00. The van der Waals surface area contributed by atoms with Gasteiger partial charge in [0, 0.05) is 6.07 Å². The Morgan fingerprint density at radius 2 is 2.06 bits per heavy atom. The molecule has 1 aromatic rings. The number of hydrogen-bond donors (Lipinski definition) is 1. The molecule has 1 N–H and O–H groups in total. The SMILES string of the molecule is CCCCCCCOc1coc(CO)cc1=O. The molecule has 1 heterocycles. The van der Waals surface area contributed by atoms with Crippen LogP contribution >= 0.6 is 0 Å². The molecule has 0 bridgehead atoms. The van der Waals surface area contributed by atoms with Crippen molar-refractivity contribution in [3.8, 4) is 5.75 Å². The number of rotatable bonds is 8. The van der Waals surface area contributed by atoms with E-state index in [0.717, 1.165) is 12.8 Å². The van der Waals surface area contributed by atoms with E-state index < -0.39 is 0 Å². The Morgan fingerprint density at radius 1 is 1.29 bits per heavy atom. The van der Waals surface area contributed by atoms with Crippen molar-refractivity contribution >= 4 is 0 Å². The van der Waals surface area contributed by atoms with Gasteiger partial charge in [-0.25, -0.2) is 0 Å². The van der Waals surface area contributed by atoms with E-state index in [4.69, 9.17) is 14.3 Å². The highest BCUT2D eigenvalue weighted by Gasteiger charge is 2.03. The number of aliphatic hydroxyl groups excluding tert-OH is 1. The van der Waals surface area contributed by atoms with Crippen LogP contribution in [0.25, 0.3) is 0 Å². The fourth-order valence-electron chi connectivity index (χ4n) is 1.51. The summed E-state index contributed by atoms with van der Waals surface area (Å²) in [6, 6.07) is 1.26. The van der Waals surface area contributed by atoms with Gasteiger partial charge >= 0.3 is 0 Å². The van der Waals surface area contributed by atoms with Crippen LogP contribution in [0.2, 0.25) is 0 Å². The fraction of sp³-hybridized carbons (Fsp3) is 0.615. The van der Waals surface area contributed by atoms with Gasteiger partial charge < -0.3 is 14.3 Å². The Bertz CT molecular complexity index is 370. The van der Waals surface area contributed by atoms with Crippen LogP contribution in [-0.2, 0) is 6.61 Å². The summed E-state index contributed by atoms with van der Waals surface area (Å²) in [7, 11) is 0. The first kappa shape index (κ1) is 13.8. The van der Waals surface area contributed by atoms with Crippen LogP contribution < -0.4 is 10.2 Å². The maximum Gasteiger partial charge on any atom is 0.227 e. The standard InChI is InChI=1S/C13H20O4/c1-2-3-4-5-6-7-16-13-10-17-11(9-14)8-12(13)15/h8,10,14H,2-7,9H2,1H3. The minimum atomic E-state index is -0.271. The van der Waals surface area contributed by atoms with E-state index in [1.165, 1.54) is 31.6 Å². The summed E-state index contributed by atoms with van der Waals surface area (Å²) in [5, 5.41) is 8.78. The molecule has 0 unspecified atom stereocenters. The molecule has 4 nitrogen and oxygen atoms in total. The van der Waals surface area contributed by atoms with Crippen LogP contribution in [0.1, 0.15) is 44.8 Å². The minimum absolute atomic E-state index is 0.220. The molecule has 0 aliphatic heterocycles. The Kier molecular flexibility index (Phi) is 6.40. The molecule has 0 spiro atoms. The normalized spacial score (nSPS) is 10.5. The third kappa shape index (κ3) is 5.04. The van der Waals surface area contributed by atoms with Crippen LogP contribution in [0, 0.1) is 0 Å². The van der Waals surface area contributed by atoms with Crippen molar-refractivity contribution in [2.75, 3.05) is 6.61 Å². The van der Waals surface area contributed by atoms with Gasteiger partial charge in [-0.05, 0) is 6.42 Å². The smallest absolute Gasteiger partial charge is 0.227 e. The predicted octanol–water partition coefficient (Wildman–Crippen LogP) is 2.48. The summed E-state index contributed by atoms with van der Waals surface area (Å²) in [6.45, 7) is 2.43. The Balaban J connectivity index is 2.29. The van der Waals surface area contributed by atoms with E-state index in [2.05, 4.69) is 6.92 Å². The number of aliphatic hydroxyl groups is 1. The lowest BCUT2D eigenvalue weighted by molar-refractivity contribution is 0.236. The molecule has 0 aromatic carbocycles. The largest absolute Gasteiger partial charge is 0.487 e. The average Bonchev–Trinajstić information content (AvgIpc) is 2.35. The second-order valence-electron chi connectivity index (χ2n) is 4.00. The average molecular weight is 240 g/mol. The van der Waals surface area contributed by atoms with Crippen LogP contribution in [0.5, 0.6) is 5.75 Å². The minimum Gasteiger partial charge on any atom is -0.487 e. The van der Waals surface area contributed by atoms with Crippen molar-refractivity contribution in [2.24, 2.45) is 0 Å². The van der Waals surface area contributed by atoms with Gasteiger partial charge in [-0.15, -0.1) is 0 Å². The maximum absolute atomic E-state index is 11.5. The molecule has 4 heteroatoms. The Labute approximate surface area is 101 Å². The molecule has 0 amide bonds. The molecular weight excluding hydrogens is 220 g/mol. The quantitative estimate of drug-likeness (QED) is 0.709. The lowest BCUT2D eigenvalue weighted by atomic mass is 10.2. The van der Waals surface area contributed by atoms with Crippen molar-refractivity contribution in [1.29, 1.82) is 0 Å². The first-order valence-corrected chi connectivity index (χ1v) is 6.13. The Morgan fingerprint density at radius 3 is 2.71 bits per heavy atom. The summed E-state index contributed by atoms with van der Waals surface area (Å²) in [5.74, 6) is 0.475. The van der Waals surface area contributed by atoms with Crippen molar-refractivity contribution in [1.82, 2.24) is 0 Å². The molecule has 0 fully saturated rings. The van der Waals surface area contributed by atoms with E-state index in [1.54, 1.807) is 0 Å². The monoisotopic (exact) mass is 240 g/mol. The predicted molar refractivity (Wildman–Crippen MR) is 65.2 cm³/mol. The molecule has 1 rings (SSSR count). The van der Waals surface area contributed by atoms with E-state index in [-0.39, 0.29) is 23.5 Å². The lowest BCUT2D eigenvalue weighted by Gasteiger charge is -2.05. The zero-order valence-corrected chi connectivity index (χ0v) is 10.3. The van der Waals surface area contributed by atoms with E-state index in [1.807, 2.05) is 0 Å². The van der Waals surface area contributed by atoms with Gasteiger partial charge in [0.05, 0.1) is 6.61 Å². The number of unbranched alkanes of at least 4 members (excludes halogenated alkanes) is 4. The molecular formula is C13H20O4. The third-order valence-corrected chi connectivity index (χ3v) is 2.51. The highest BCUT2D eigenvalue weighted by atomic mass is 16.5. The first-order chi connectivity index (χ1) is 8.27. The lowest BCUT2D eigenvalue weighted by Crippen LogP contribution is -2.09. The summed E-state index contributed by atoms with van der Waals surface area (Å²) in [6.07, 6.45) is 6.99. The van der Waals surface area contributed by atoms with E-state index in [9.17, 15) is 4.79 Å². The van der Waals surface area contributed by atoms with Crippen molar-refractivity contribution in [3.05, 3.63) is 28.3 Å². The molecule has 0 aliphatic carbocycles. The van der Waals surface area contributed by atoms with E-state index >= 15 is 0 Å². The molecule has 96 valence electrons. The van der Waals surface area contributed by atoms with Crippen LogP contribution in [0.3, 0.4) is 0 Å². The van der Waals surface area contributed by atoms with Gasteiger partial charge in [0.25, 0.3) is 0 Å². The van der Waals surface area contributed by atoms with Crippen LogP contribution in [0.4, 0.5) is 0 Å². The van der Waals surface area contributed by atoms with Gasteiger partial charge in [-0.1, -0.05) is 32.6 Å². The molecule has 0 saturated carbocycles. The van der Waals surface area contributed by atoms with E-state index in [0.29, 0.717) is 6.61 Å². The van der Waals surface area contributed by atoms with Gasteiger partial charge in [0.1, 0.15) is 18.6 Å². The molecule has 0 atom stereocenters. The van der Waals surface area contributed by atoms with Gasteiger partial charge in [-0.2, -0.15) is 0 Å². The van der Waals surface area contributed by atoms with Crippen LogP contribution in [-0.4, -0.2) is 11.7 Å². The first-order valence-electron chi connectivity index (χ1n) is 6.13.